The first kappa shape index (κ1) is 13.2. The van der Waals surface area contributed by atoms with Gasteiger partial charge in [-0.2, -0.15) is 0 Å². The lowest BCUT2D eigenvalue weighted by Crippen LogP contribution is -2.41. The molecule has 0 heterocycles. The molecule has 14 heavy (non-hydrogen) atoms. The number of rotatable bonds is 5. The fourth-order valence-electron chi connectivity index (χ4n) is 1.11. The highest BCUT2D eigenvalue weighted by Crippen LogP contribution is 2.17. The van der Waals surface area contributed by atoms with Crippen molar-refractivity contribution in [1.29, 1.82) is 0 Å². The van der Waals surface area contributed by atoms with Crippen LogP contribution in [-0.2, 0) is 9.53 Å². The van der Waals surface area contributed by atoms with E-state index in [-0.39, 0.29) is 11.3 Å². The normalized spacial score (nSPS) is 11.1. The lowest BCUT2D eigenvalue weighted by molar-refractivity contribution is -0.139. The Kier molecular flexibility index (Phi) is 5.46. The third-order valence-electron chi connectivity index (χ3n) is 1.84. The lowest BCUT2D eigenvalue weighted by atomic mass is 9.95. The highest BCUT2D eigenvalue weighted by molar-refractivity contribution is 5.81. The van der Waals surface area contributed by atoms with Crippen LogP contribution < -0.4 is 0 Å². The van der Waals surface area contributed by atoms with E-state index >= 15 is 0 Å². The standard InChI is InChI=1S/C11H21NO2/c1-6-7-12(8-9-14-5)10(13)11(2,3)4/h6H,1,7-9H2,2-5H3. The minimum Gasteiger partial charge on any atom is -0.383 e. The second-order valence-electron chi connectivity index (χ2n) is 4.28. The van der Waals surface area contributed by atoms with Gasteiger partial charge in [0, 0.05) is 25.6 Å². The maximum atomic E-state index is 11.9. The molecule has 0 aliphatic carbocycles. The molecule has 82 valence electrons. The van der Waals surface area contributed by atoms with Crippen LogP contribution in [0.15, 0.2) is 12.7 Å². The van der Waals surface area contributed by atoms with Crippen LogP contribution in [-0.4, -0.2) is 37.6 Å². The summed E-state index contributed by atoms with van der Waals surface area (Å²) >= 11 is 0. The van der Waals surface area contributed by atoms with Crippen molar-refractivity contribution in [2.24, 2.45) is 5.41 Å². The van der Waals surface area contributed by atoms with Gasteiger partial charge in [0.05, 0.1) is 6.61 Å². The Morgan fingerprint density at radius 1 is 1.50 bits per heavy atom. The molecule has 0 aromatic carbocycles. The van der Waals surface area contributed by atoms with E-state index in [0.717, 1.165) is 0 Å². The minimum atomic E-state index is -0.337. The predicted molar refractivity (Wildman–Crippen MR) is 58.1 cm³/mol. The van der Waals surface area contributed by atoms with Gasteiger partial charge in [-0.1, -0.05) is 26.8 Å². The van der Waals surface area contributed by atoms with Crippen molar-refractivity contribution in [1.82, 2.24) is 4.90 Å². The van der Waals surface area contributed by atoms with Crippen molar-refractivity contribution >= 4 is 5.91 Å². The average Bonchev–Trinajstić information content (AvgIpc) is 2.09. The molecule has 0 bridgehead atoms. The summed E-state index contributed by atoms with van der Waals surface area (Å²) in [4.78, 5) is 13.6. The van der Waals surface area contributed by atoms with Gasteiger partial charge in [-0.05, 0) is 0 Å². The zero-order chi connectivity index (χ0) is 11.2. The van der Waals surface area contributed by atoms with E-state index in [1.165, 1.54) is 0 Å². The van der Waals surface area contributed by atoms with Crippen LogP contribution in [0.25, 0.3) is 0 Å². The maximum absolute atomic E-state index is 11.9. The molecule has 0 saturated carbocycles. The molecule has 0 N–H and O–H groups in total. The van der Waals surface area contributed by atoms with Crippen LogP contribution in [0.4, 0.5) is 0 Å². The van der Waals surface area contributed by atoms with Crippen LogP contribution in [0.2, 0.25) is 0 Å². The minimum absolute atomic E-state index is 0.134. The molecule has 0 aromatic rings. The molecule has 0 spiro atoms. The smallest absolute Gasteiger partial charge is 0.228 e. The second-order valence-corrected chi connectivity index (χ2v) is 4.28. The van der Waals surface area contributed by atoms with Crippen molar-refractivity contribution in [2.45, 2.75) is 20.8 Å². The number of nitrogens with zero attached hydrogens (tertiary/aromatic N) is 1. The molecule has 1 amide bonds. The molecular formula is C11H21NO2. The van der Waals surface area contributed by atoms with Gasteiger partial charge < -0.3 is 9.64 Å². The van der Waals surface area contributed by atoms with Crippen molar-refractivity contribution in [3.8, 4) is 0 Å². The Morgan fingerprint density at radius 3 is 2.43 bits per heavy atom. The molecule has 0 saturated heterocycles. The topological polar surface area (TPSA) is 29.5 Å². The van der Waals surface area contributed by atoms with E-state index < -0.39 is 0 Å². The quantitative estimate of drug-likeness (QED) is 0.631. The molecule has 0 unspecified atom stereocenters. The van der Waals surface area contributed by atoms with Crippen molar-refractivity contribution in [3.05, 3.63) is 12.7 Å². The highest BCUT2D eigenvalue weighted by Gasteiger charge is 2.26. The molecule has 3 heteroatoms. The molecule has 0 rings (SSSR count). The molecule has 0 fully saturated rings. The summed E-state index contributed by atoms with van der Waals surface area (Å²) < 4.78 is 4.95. The summed E-state index contributed by atoms with van der Waals surface area (Å²) in [5.74, 6) is 0.134. The molecule has 0 aromatic heterocycles. The van der Waals surface area contributed by atoms with Crippen LogP contribution >= 0.6 is 0 Å². The fraction of sp³-hybridized carbons (Fsp3) is 0.727. The van der Waals surface area contributed by atoms with Crippen LogP contribution in [0.1, 0.15) is 20.8 Å². The van der Waals surface area contributed by atoms with Gasteiger partial charge in [-0.15, -0.1) is 6.58 Å². The van der Waals surface area contributed by atoms with Gasteiger partial charge in [0.15, 0.2) is 0 Å². The summed E-state index contributed by atoms with van der Waals surface area (Å²) in [5.41, 5.74) is -0.337. The number of methoxy groups -OCH3 is 1. The second kappa shape index (κ2) is 5.81. The van der Waals surface area contributed by atoms with Gasteiger partial charge in [0.1, 0.15) is 0 Å². The van der Waals surface area contributed by atoms with Gasteiger partial charge in [-0.25, -0.2) is 0 Å². The molecule has 0 atom stereocenters. The zero-order valence-electron chi connectivity index (χ0n) is 9.67. The summed E-state index contributed by atoms with van der Waals surface area (Å²) in [6.45, 7) is 11.2. The van der Waals surface area contributed by atoms with Gasteiger partial charge in [-0.3, -0.25) is 4.79 Å². The zero-order valence-corrected chi connectivity index (χ0v) is 9.67. The highest BCUT2D eigenvalue weighted by atomic mass is 16.5. The molecule has 3 nitrogen and oxygen atoms in total. The summed E-state index contributed by atoms with van der Waals surface area (Å²) in [6, 6.07) is 0. The number of ether oxygens (including phenoxy) is 1. The molecule has 0 aliphatic rings. The average molecular weight is 199 g/mol. The van der Waals surface area contributed by atoms with Crippen molar-refractivity contribution in [3.63, 3.8) is 0 Å². The Hall–Kier alpha value is -0.830. The van der Waals surface area contributed by atoms with E-state index in [2.05, 4.69) is 6.58 Å². The maximum Gasteiger partial charge on any atom is 0.228 e. The monoisotopic (exact) mass is 199 g/mol. The number of hydrogen-bond acceptors (Lipinski definition) is 2. The largest absolute Gasteiger partial charge is 0.383 e. The van der Waals surface area contributed by atoms with E-state index in [1.54, 1.807) is 18.1 Å². The number of carbonyl (C=O) groups is 1. The summed E-state index contributed by atoms with van der Waals surface area (Å²) in [5, 5.41) is 0. The first-order valence-corrected chi connectivity index (χ1v) is 4.82. The molecule has 0 radical (unpaired) electrons. The fourth-order valence-corrected chi connectivity index (χ4v) is 1.11. The van der Waals surface area contributed by atoms with Crippen LogP contribution in [0, 0.1) is 5.41 Å². The number of amides is 1. The van der Waals surface area contributed by atoms with Gasteiger partial charge >= 0.3 is 0 Å². The summed E-state index contributed by atoms with van der Waals surface area (Å²) in [7, 11) is 1.63. The summed E-state index contributed by atoms with van der Waals surface area (Å²) in [6.07, 6.45) is 1.74. The van der Waals surface area contributed by atoms with E-state index in [0.29, 0.717) is 19.7 Å². The molecular weight excluding hydrogens is 178 g/mol. The van der Waals surface area contributed by atoms with Crippen molar-refractivity contribution in [2.75, 3.05) is 26.8 Å². The Morgan fingerprint density at radius 2 is 2.07 bits per heavy atom. The van der Waals surface area contributed by atoms with Crippen LogP contribution in [0.5, 0.6) is 0 Å². The van der Waals surface area contributed by atoms with E-state index in [4.69, 9.17) is 4.74 Å². The lowest BCUT2D eigenvalue weighted by Gasteiger charge is -2.28. The first-order valence-electron chi connectivity index (χ1n) is 4.82. The molecule has 0 aliphatic heterocycles. The Bertz CT molecular complexity index is 194. The van der Waals surface area contributed by atoms with E-state index in [1.807, 2.05) is 20.8 Å². The Labute approximate surface area is 86.7 Å². The Balaban J connectivity index is 4.32. The first-order chi connectivity index (χ1) is 6.43. The number of carbonyl (C=O) groups excluding carboxylic acids is 1. The van der Waals surface area contributed by atoms with Crippen molar-refractivity contribution < 1.29 is 9.53 Å². The number of hydrogen-bond donors (Lipinski definition) is 0. The predicted octanol–water partition coefficient (Wildman–Crippen LogP) is 1.69. The SMILES string of the molecule is C=CCN(CCOC)C(=O)C(C)(C)C. The van der Waals surface area contributed by atoms with Gasteiger partial charge in [0.25, 0.3) is 0 Å². The van der Waals surface area contributed by atoms with E-state index in [9.17, 15) is 4.79 Å². The third kappa shape index (κ3) is 4.42. The van der Waals surface area contributed by atoms with Gasteiger partial charge in [0.2, 0.25) is 5.91 Å². The third-order valence-corrected chi connectivity index (χ3v) is 1.84. The van der Waals surface area contributed by atoms with Crippen LogP contribution in [0.3, 0.4) is 0 Å².